The van der Waals surface area contributed by atoms with Gasteiger partial charge in [-0.25, -0.2) is 4.98 Å². The lowest BCUT2D eigenvalue weighted by atomic mass is 9.96. The largest absolute Gasteiger partial charge is 0.505 e. The first kappa shape index (κ1) is 9.66. The van der Waals surface area contributed by atoms with Crippen molar-refractivity contribution in [2.24, 2.45) is 0 Å². The molecule has 1 fully saturated rings. The molecule has 1 saturated heterocycles. The molecule has 0 spiro atoms. The van der Waals surface area contributed by atoms with Crippen molar-refractivity contribution < 1.29 is 9.52 Å². The fourth-order valence-corrected chi connectivity index (χ4v) is 2.33. The Bertz CT molecular complexity index is 501. The van der Waals surface area contributed by atoms with E-state index in [1.54, 1.807) is 0 Å². The molecule has 0 aliphatic carbocycles. The summed E-state index contributed by atoms with van der Waals surface area (Å²) in [5, 5.41) is 13.5. The van der Waals surface area contributed by atoms with Crippen LogP contribution in [0.15, 0.2) is 22.9 Å². The number of piperidine rings is 1. The standard InChI is InChI=1S/C12H14N2O2/c15-12-8(9-3-1-2-6-13-9)4-5-10-11(12)14-7-16-10/h4-5,7,9,13,15H,1-3,6H2. The minimum atomic E-state index is 0.245. The van der Waals surface area contributed by atoms with E-state index in [0.717, 1.165) is 18.5 Å². The van der Waals surface area contributed by atoms with Crippen molar-refractivity contribution >= 4 is 11.1 Å². The van der Waals surface area contributed by atoms with Crippen molar-refractivity contribution in [3.05, 3.63) is 24.1 Å². The van der Waals surface area contributed by atoms with Gasteiger partial charge in [0.05, 0.1) is 0 Å². The van der Waals surface area contributed by atoms with E-state index in [4.69, 9.17) is 4.42 Å². The molecule has 1 aromatic heterocycles. The molecule has 4 heteroatoms. The average molecular weight is 218 g/mol. The van der Waals surface area contributed by atoms with Crippen LogP contribution in [0, 0.1) is 0 Å². The first-order chi connectivity index (χ1) is 7.86. The van der Waals surface area contributed by atoms with Crippen LogP contribution < -0.4 is 5.32 Å². The predicted molar refractivity (Wildman–Crippen MR) is 60.3 cm³/mol. The first-order valence-electron chi connectivity index (χ1n) is 5.65. The van der Waals surface area contributed by atoms with Gasteiger partial charge < -0.3 is 14.8 Å². The van der Waals surface area contributed by atoms with Gasteiger partial charge in [0.1, 0.15) is 5.75 Å². The molecule has 1 aromatic carbocycles. The van der Waals surface area contributed by atoms with Crippen LogP contribution in [-0.2, 0) is 0 Å². The second-order valence-corrected chi connectivity index (χ2v) is 4.20. The van der Waals surface area contributed by atoms with Crippen LogP contribution in [0.25, 0.3) is 11.1 Å². The molecule has 1 aliphatic rings. The number of hydrogen-bond acceptors (Lipinski definition) is 4. The van der Waals surface area contributed by atoms with Gasteiger partial charge in [0, 0.05) is 11.6 Å². The molecule has 84 valence electrons. The van der Waals surface area contributed by atoms with E-state index in [1.165, 1.54) is 19.2 Å². The molecule has 1 unspecified atom stereocenters. The number of hydrogen-bond donors (Lipinski definition) is 2. The van der Waals surface area contributed by atoms with Crippen molar-refractivity contribution in [2.75, 3.05) is 6.54 Å². The second kappa shape index (κ2) is 3.79. The maximum Gasteiger partial charge on any atom is 0.182 e. The van der Waals surface area contributed by atoms with Crippen molar-refractivity contribution in [1.82, 2.24) is 10.3 Å². The highest BCUT2D eigenvalue weighted by Crippen LogP contribution is 2.34. The normalized spacial score (nSPS) is 21.4. The highest BCUT2D eigenvalue weighted by atomic mass is 16.3. The molecular weight excluding hydrogens is 204 g/mol. The fourth-order valence-electron chi connectivity index (χ4n) is 2.33. The summed E-state index contributed by atoms with van der Waals surface area (Å²) in [5.74, 6) is 0.255. The predicted octanol–water partition coefficient (Wildman–Crippen LogP) is 2.35. The van der Waals surface area contributed by atoms with Crippen LogP contribution in [0.3, 0.4) is 0 Å². The molecule has 0 amide bonds. The number of rotatable bonds is 1. The van der Waals surface area contributed by atoms with E-state index in [9.17, 15) is 5.11 Å². The van der Waals surface area contributed by atoms with Gasteiger partial charge in [-0.1, -0.05) is 6.42 Å². The zero-order valence-corrected chi connectivity index (χ0v) is 8.94. The van der Waals surface area contributed by atoms with Crippen LogP contribution in [0.1, 0.15) is 30.9 Å². The van der Waals surface area contributed by atoms with Crippen LogP contribution in [0.2, 0.25) is 0 Å². The van der Waals surface area contributed by atoms with Crippen LogP contribution in [0.5, 0.6) is 5.75 Å². The number of phenols is 1. The number of aromatic nitrogens is 1. The van der Waals surface area contributed by atoms with Crippen LogP contribution in [-0.4, -0.2) is 16.6 Å². The summed E-state index contributed by atoms with van der Waals surface area (Å²) in [6, 6.07) is 4.04. The third-order valence-electron chi connectivity index (χ3n) is 3.19. The van der Waals surface area contributed by atoms with Gasteiger partial charge in [-0.2, -0.15) is 0 Å². The highest BCUT2D eigenvalue weighted by molar-refractivity contribution is 5.80. The maximum absolute atomic E-state index is 10.1. The summed E-state index contributed by atoms with van der Waals surface area (Å²) >= 11 is 0. The summed E-state index contributed by atoms with van der Waals surface area (Å²) in [4.78, 5) is 4.03. The molecular formula is C12H14N2O2. The minimum Gasteiger partial charge on any atom is -0.505 e. The van der Waals surface area contributed by atoms with Crippen molar-refractivity contribution in [3.8, 4) is 5.75 Å². The monoisotopic (exact) mass is 218 g/mol. The first-order valence-corrected chi connectivity index (χ1v) is 5.65. The van der Waals surface area contributed by atoms with Gasteiger partial charge >= 0.3 is 0 Å². The molecule has 4 nitrogen and oxygen atoms in total. The molecule has 2 N–H and O–H groups in total. The van der Waals surface area contributed by atoms with Gasteiger partial charge in [-0.3, -0.25) is 0 Å². The topological polar surface area (TPSA) is 58.3 Å². The molecule has 0 bridgehead atoms. The van der Waals surface area contributed by atoms with E-state index in [1.807, 2.05) is 12.1 Å². The van der Waals surface area contributed by atoms with Gasteiger partial charge in [-0.05, 0) is 31.5 Å². The molecule has 1 aliphatic heterocycles. The Balaban J connectivity index is 2.05. The van der Waals surface area contributed by atoms with E-state index >= 15 is 0 Å². The van der Waals surface area contributed by atoms with Gasteiger partial charge in [0.25, 0.3) is 0 Å². The van der Waals surface area contributed by atoms with E-state index < -0.39 is 0 Å². The van der Waals surface area contributed by atoms with Crippen LogP contribution >= 0.6 is 0 Å². The lowest BCUT2D eigenvalue weighted by Gasteiger charge is -2.24. The fraction of sp³-hybridized carbons (Fsp3) is 0.417. The Hall–Kier alpha value is -1.55. The summed E-state index contributed by atoms with van der Waals surface area (Å²) in [5.41, 5.74) is 2.13. The number of oxazole rings is 1. The van der Waals surface area contributed by atoms with Gasteiger partial charge in [-0.15, -0.1) is 0 Å². The maximum atomic E-state index is 10.1. The SMILES string of the molecule is Oc1c(C2CCCCN2)ccc2ocnc12. The van der Waals surface area contributed by atoms with Gasteiger partial charge in [0.15, 0.2) is 17.5 Å². The lowest BCUT2D eigenvalue weighted by Crippen LogP contribution is -2.26. The average Bonchev–Trinajstić information content (AvgIpc) is 2.80. The van der Waals surface area contributed by atoms with E-state index in [-0.39, 0.29) is 11.8 Å². The zero-order chi connectivity index (χ0) is 11.0. The second-order valence-electron chi connectivity index (χ2n) is 4.20. The Labute approximate surface area is 93.3 Å². The van der Waals surface area contributed by atoms with Crippen LogP contribution in [0.4, 0.5) is 0 Å². The molecule has 0 radical (unpaired) electrons. The third-order valence-corrected chi connectivity index (χ3v) is 3.19. The van der Waals surface area contributed by atoms with E-state index in [2.05, 4.69) is 10.3 Å². The number of fused-ring (bicyclic) bond motifs is 1. The molecule has 0 saturated carbocycles. The Kier molecular flexibility index (Phi) is 2.29. The third kappa shape index (κ3) is 1.46. The molecule has 2 heterocycles. The van der Waals surface area contributed by atoms with Crippen molar-refractivity contribution in [3.63, 3.8) is 0 Å². The summed E-state index contributed by atoms with van der Waals surface area (Å²) in [6.45, 7) is 1.01. The number of nitrogens with zero attached hydrogens (tertiary/aromatic N) is 1. The Morgan fingerprint density at radius 3 is 3.12 bits per heavy atom. The van der Waals surface area contributed by atoms with Gasteiger partial charge in [0.2, 0.25) is 0 Å². The number of phenolic OH excluding ortho intramolecular Hbond substituents is 1. The number of nitrogens with one attached hydrogen (secondary N) is 1. The highest BCUT2D eigenvalue weighted by Gasteiger charge is 2.20. The molecule has 16 heavy (non-hydrogen) atoms. The summed E-state index contributed by atoms with van der Waals surface area (Å²) in [7, 11) is 0. The summed E-state index contributed by atoms with van der Waals surface area (Å²) < 4.78 is 5.15. The molecule has 1 atom stereocenters. The number of aromatic hydroxyl groups is 1. The van der Waals surface area contributed by atoms with E-state index in [0.29, 0.717) is 11.1 Å². The Morgan fingerprint density at radius 2 is 2.31 bits per heavy atom. The van der Waals surface area contributed by atoms with Crippen molar-refractivity contribution in [1.29, 1.82) is 0 Å². The smallest absolute Gasteiger partial charge is 0.182 e. The quantitative estimate of drug-likeness (QED) is 0.771. The molecule has 3 rings (SSSR count). The van der Waals surface area contributed by atoms with Crippen molar-refractivity contribution in [2.45, 2.75) is 25.3 Å². The minimum absolute atomic E-state index is 0.245. The molecule has 2 aromatic rings. The zero-order valence-electron chi connectivity index (χ0n) is 8.94. The summed E-state index contributed by atoms with van der Waals surface area (Å²) in [6.07, 6.45) is 4.84. The number of benzene rings is 1. The Morgan fingerprint density at radius 1 is 1.38 bits per heavy atom. The lowest BCUT2D eigenvalue weighted by molar-refractivity contribution is 0.392.